The van der Waals surface area contributed by atoms with E-state index in [0.717, 1.165) is 32.1 Å². The maximum atomic E-state index is 12.1. The Hall–Kier alpha value is -1.52. The molecular weight excluding hydrogens is 625 g/mol. The molecule has 0 saturated carbocycles. The molecule has 1 amide bonds. The van der Waals surface area contributed by atoms with E-state index in [-0.39, 0.29) is 12.8 Å². The Morgan fingerprint density at radius 3 is 1.43 bits per heavy atom. The molecule has 12 heteroatoms. The summed E-state index contributed by atoms with van der Waals surface area (Å²) in [5.74, 6) is -2.40. The summed E-state index contributed by atoms with van der Waals surface area (Å²) < 4.78 is 26.5. The fourth-order valence-corrected chi connectivity index (χ4v) is 5.97. The topological polar surface area (TPSA) is 169 Å². The van der Waals surface area contributed by atoms with Gasteiger partial charge in [-0.05, 0) is 12.8 Å². The number of aliphatic hydroxyl groups excluding tert-OH is 1. The van der Waals surface area contributed by atoms with Gasteiger partial charge in [-0.2, -0.15) is 0 Å². The van der Waals surface area contributed by atoms with Crippen molar-refractivity contribution in [2.45, 2.75) is 187 Å². The maximum Gasteiger partial charge on any atom is 0.472 e. The van der Waals surface area contributed by atoms with Crippen molar-refractivity contribution in [3.05, 3.63) is 0 Å². The van der Waals surface area contributed by atoms with Crippen molar-refractivity contribution in [3.8, 4) is 0 Å². The number of nitrogens with one attached hydrogen (secondary N) is 1. The molecular formula is C35H68NO10P. The van der Waals surface area contributed by atoms with Crippen LogP contribution in [0.3, 0.4) is 0 Å². The van der Waals surface area contributed by atoms with Gasteiger partial charge in [-0.1, -0.05) is 149 Å². The number of unbranched alkanes of at least 4 members (excludes halogenated alkanes) is 21. The molecule has 0 heterocycles. The number of hydrogen-bond acceptors (Lipinski definition) is 8. The van der Waals surface area contributed by atoms with Crippen LogP contribution in [0.2, 0.25) is 0 Å². The number of phosphoric ester groups is 1. The predicted molar refractivity (Wildman–Crippen MR) is 185 cm³/mol. The van der Waals surface area contributed by atoms with E-state index in [2.05, 4.69) is 21.3 Å². The summed E-state index contributed by atoms with van der Waals surface area (Å²) in [6.07, 6.45) is 26.9. The number of carbonyl (C=O) groups excluding carboxylic acids is 2. The first-order chi connectivity index (χ1) is 22.6. The molecule has 0 fully saturated rings. The van der Waals surface area contributed by atoms with Crippen molar-refractivity contribution in [1.82, 2.24) is 5.32 Å². The Balaban J connectivity index is 3.71. The lowest BCUT2D eigenvalue weighted by molar-refractivity contribution is -0.147. The molecule has 0 aliphatic rings. The summed E-state index contributed by atoms with van der Waals surface area (Å²) in [7, 11) is -4.72. The fraction of sp³-hybridized carbons (Fsp3) is 0.914. The van der Waals surface area contributed by atoms with Gasteiger partial charge in [0.15, 0.2) is 6.04 Å². The van der Waals surface area contributed by atoms with Gasteiger partial charge in [0, 0.05) is 12.8 Å². The van der Waals surface area contributed by atoms with E-state index in [0.29, 0.717) is 12.8 Å². The summed E-state index contributed by atoms with van der Waals surface area (Å²) in [6.45, 7) is 2.36. The lowest BCUT2D eigenvalue weighted by Crippen LogP contribution is -2.43. The molecule has 0 bridgehead atoms. The number of aliphatic carboxylic acids is 1. The molecule has 0 radical (unpaired) electrons. The van der Waals surface area contributed by atoms with Crippen LogP contribution in [0.15, 0.2) is 0 Å². The van der Waals surface area contributed by atoms with Crippen molar-refractivity contribution in [1.29, 1.82) is 0 Å². The van der Waals surface area contributed by atoms with Crippen LogP contribution < -0.4 is 5.32 Å². The van der Waals surface area contributed by atoms with Gasteiger partial charge >= 0.3 is 19.8 Å². The molecule has 0 aromatic carbocycles. The molecule has 278 valence electrons. The minimum absolute atomic E-state index is 0.134. The van der Waals surface area contributed by atoms with E-state index < -0.39 is 57.6 Å². The van der Waals surface area contributed by atoms with Crippen molar-refractivity contribution in [2.75, 3.05) is 19.8 Å². The number of ether oxygens (including phenoxy) is 1. The largest absolute Gasteiger partial charge is 0.480 e. The smallest absolute Gasteiger partial charge is 0.472 e. The summed E-state index contributed by atoms with van der Waals surface area (Å²) in [5.41, 5.74) is 0. The number of carboxylic acid groups (broad SMARTS) is 1. The van der Waals surface area contributed by atoms with Gasteiger partial charge < -0.3 is 25.2 Å². The number of carbonyl (C=O) groups is 3. The Morgan fingerprint density at radius 2 is 0.979 bits per heavy atom. The fourth-order valence-electron chi connectivity index (χ4n) is 5.20. The minimum atomic E-state index is -4.72. The van der Waals surface area contributed by atoms with E-state index in [1.54, 1.807) is 0 Å². The van der Waals surface area contributed by atoms with Gasteiger partial charge in [0.05, 0.1) is 13.2 Å². The van der Waals surface area contributed by atoms with E-state index >= 15 is 0 Å². The Kier molecular flexibility index (Phi) is 30.7. The lowest BCUT2D eigenvalue weighted by atomic mass is 10.0. The molecule has 3 unspecified atom stereocenters. The lowest BCUT2D eigenvalue weighted by Gasteiger charge is -2.18. The predicted octanol–water partition coefficient (Wildman–Crippen LogP) is 8.39. The second-order valence-electron chi connectivity index (χ2n) is 12.8. The number of rotatable bonds is 35. The second kappa shape index (κ2) is 31.7. The monoisotopic (exact) mass is 693 g/mol. The average molecular weight is 694 g/mol. The Labute approximate surface area is 284 Å². The summed E-state index contributed by atoms with van der Waals surface area (Å²) in [4.78, 5) is 45.0. The second-order valence-corrected chi connectivity index (χ2v) is 14.2. The van der Waals surface area contributed by atoms with Gasteiger partial charge in [-0.25, -0.2) is 9.36 Å². The number of carboxylic acids is 1. The van der Waals surface area contributed by atoms with Crippen LogP contribution in [0, 0.1) is 0 Å². The molecule has 0 aromatic rings. The molecule has 0 aliphatic carbocycles. The quantitative estimate of drug-likeness (QED) is 0.0287. The van der Waals surface area contributed by atoms with Crippen LogP contribution in [0.1, 0.15) is 174 Å². The average Bonchev–Trinajstić information content (AvgIpc) is 3.03. The Bertz CT molecular complexity index is 828. The third-order valence-corrected chi connectivity index (χ3v) is 9.10. The highest BCUT2D eigenvalue weighted by Crippen LogP contribution is 2.43. The number of esters is 1. The van der Waals surface area contributed by atoms with Crippen LogP contribution in [-0.2, 0) is 32.7 Å². The van der Waals surface area contributed by atoms with Gasteiger partial charge in [0.25, 0.3) is 0 Å². The molecule has 3 atom stereocenters. The van der Waals surface area contributed by atoms with Crippen LogP contribution in [-0.4, -0.2) is 64.9 Å². The van der Waals surface area contributed by atoms with Crippen molar-refractivity contribution < 1.29 is 47.8 Å². The first-order valence-electron chi connectivity index (χ1n) is 18.6. The van der Waals surface area contributed by atoms with E-state index in [9.17, 15) is 34.1 Å². The summed E-state index contributed by atoms with van der Waals surface area (Å²) in [5, 5.41) is 21.4. The van der Waals surface area contributed by atoms with E-state index in [1.807, 2.05) is 6.92 Å². The van der Waals surface area contributed by atoms with Gasteiger partial charge in [-0.3, -0.25) is 18.6 Å². The van der Waals surface area contributed by atoms with E-state index in [1.165, 1.54) is 103 Å². The van der Waals surface area contributed by atoms with Gasteiger partial charge in [-0.15, -0.1) is 0 Å². The highest BCUT2D eigenvalue weighted by atomic mass is 31.2. The van der Waals surface area contributed by atoms with Crippen LogP contribution in [0.4, 0.5) is 0 Å². The van der Waals surface area contributed by atoms with Crippen LogP contribution in [0.25, 0.3) is 0 Å². The summed E-state index contributed by atoms with van der Waals surface area (Å²) >= 11 is 0. The highest BCUT2D eigenvalue weighted by molar-refractivity contribution is 7.47. The number of phosphoric acid groups is 1. The zero-order valence-electron chi connectivity index (χ0n) is 29.6. The third-order valence-electron chi connectivity index (χ3n) is 8.15. The minimum Gasteiger partial charge on any atom is -0.480 e. The molecule has 47 heavy (non-hydrogen) atoms. The molecule has 11 nitrogen and oxygen atoms in total. The molecule has 0 rings (SSSR count). The molecule has 0 saturated heterocycles. The Morgan fingerprint density at radius 1 is 0.596 bits per heavy atom. The first-order valence-corrected chi connectivity index (χ1v) is 20.1. The number of aliphatic hydroxyl groups is 1. The standard InChI is InChI=1S/C35H68NO10P/c1-3-5-7-8-9-10-11-12-13-14-15-16-17-18-19-20-21-22-23-25-27-34(39)44-28-31(37)29-45-47(42,43)46-30-32(35(40)41)36-33(38)26-24-6-4-2/h31-32,37H,3-30H2,1-2H3,(H,36,38)(H,40,41)(H,42,43). The van der Waals surface area contributed by atoms with Gasteiger partial charge in [0.2, 0.25) is 5.91 Å². The molecule has 0 aromatic heterocycles. The number of hydrogen-bond donors (Lipinski definition) is 4. The van der Waals surface area contributed by atoms with Crippen LogP contribution in [0.5, 0.6) is 0 Å². The number of amides is 1. The summed E-state index contributed by atoms with van der Waals surface area (Å²) in [6, 6.07) is -1.53. The normalized spacial score (nSPS) is 14.0. The molecule has 0 aliphatic heterocycles. The van der Waals surface area contributed by atoms with Crippen molar-refractivity contribution in [3.63, 3.8) is 0 Å². The van der Waals surface area contributed by atoms with Crippen LogP contribution >= 0.6 is 7.82 Å². The zero-order valence-corrected chi connectivity index (χ0v) is 30.5. The van der Waals surface area contributed by atoms with Crippen molar-refractivity contribution in [2.24, 2.45) is 0 Å². The zero-order chi connectivity index (χ0) is 35.0. The SMILES string of the molecule is CCCCCCCCCCCCCCCCCCCCCCC(=O)OCC(O)COP(=O)(O)OCC(NC(=O)CCCCC)C(=O)O. The first kappa shape index (κ1) is 45.5. The van der Waals surface area contributed by atoms with Crippen molar-refractivity contribution >= 4 is 25.7 Å². The van der Waals surface area contributed by atoms with Gasteiger partial charge in [0.1, 0.15) is 12.7 Å². The maximum absolute atomic E-state index is 12.1. The highest BCUT2D eigenvalue weighted by Gasteiger charge is 2.28. The van der Waals surface area contributed by atoms with E-state index in [4.69, 9.17) is 4.74 Å². The third kappa shape index (κ3) is 31.5. The molecule has 4 N–H and O–H groups in total. The molecule has 0 spiro atoms.